The first kappa shape index (κ1) is 8.95. The van der Waals surface area contributed by atoms with Gasteiger partial charge in [0.1, 0.15) is 5.01 Å². The first-order valence-corrected chi connectivity index (χ1v) is 4.68. The van der Waals surface area contributed by atoms with E-state index in [2.05, 4.69) is 20.1 Å². The van der Waals surface area contributed by atoms with Crippen LogP contribution >= 0.6 is 11.3 Å². The minimum atomic E-state index is -0.535. The highest BCUT2D eigenvalue weighted by Crippen LogP contribution is 2.15. The van der Waals surface area contributed by atoms with Gasteiger partial charge in [-0.25, -0.2) is 9.31 Å². The molecule has 0 bridgehead atoms. The van der Waals surface area contributed by atoms with Gasteiger partial charge in [0, 0.05) is 0 Å². The second-order valence-electron chi connectivity index (χ2n) is 2.59. The second-order valence-corrected chi connectivity index (χ2v) is 3.75. The third-order valence-electron chi connectivity index (χ3n) is 1.56. The lowest BCUT2D eigenvalue weighted by molar-refractivity contribution is 0.187. The van der Waals surface area contributed by atoms with Gasteiger partial charge in [0.2, 0.25) is 4.96 Å². The predicted octanol–water partition coefficient (Wildman–Crippen LogP) is 1.28. The Hall–Kier alpha value is -1.63. The average Bonchev–Trinajstić information content (AvgIpc) is 2.60. The third kappa shape index (κ3) is 1.53. The number of methoxy groups -OCH3 is 1. The van der Waals surface area contributed by atoms with E-state index in [9.17, 15) is 4.79 Å². The first-order valence-electron chi connectivity index (χ1n) is 3.87. The van der Waals surface area contributed by atoms with Crippen LogP contribution in [0.15, 0.2) is 6.20 Å². The molecule has 0 unspecified atom stereocenters. The lowest BCUT2D eigenvalue weighted by atomic mass is 10.7. The quantitative estimate of drug-likeness (QED) is 0.773. The van der Waals surface area contributed by atoms with E-state index in [1.165, 1.54) is 18.4 Å². The maximum atomic E-state index is 10.8. The monoisotopic (exact) mass is 212 g/mol. The molecule has 0 aliphatic carbocycles. The highest BCUT2D eigenvalue weighted by molar-refractivity contribution is 7.16. The summed E-state index contributed by atoms with van der Waals surface area (Å²) in [6.07, 6.45) is 1.10. The van der Waals surface area contributed by atoms with Crippen LogP contribution in [-0.2, 0) is 4.74 Å². The molecule has 2 aromatic heterocycles. The number of nitrogens with one attached hydrogen (secondary N) is 1. The molecule has 0 aromatic carbocycles. The van der Waals surface area contributed by atoms with E-state index in [0.717, 1.165) is 9.97 Å². The molecule has 1 amide bonds. The summed E-state index contributed by atoms with van der Waals surface area (Å²) < 4.78 is 6.05. The molecule has 7 heteroatoms. The average molecular weight is 212 g/mol. The van der Waals surface area contributed by atoms with Gasteiger partial charge < -0.3 is 4.74 Å². The molecule has 0 aliphatic heterocycles. The number of aromatic nitrogens is 3. The van der Waals surface area contributed by atoms with Crippen molar-refractivity contribution in [1.82, 2.24) is 14.6 Å². The fraction of sp³-hybridized carbons (Fsp3) is 0.286. The number of nitrogens with zero attached hydrogens (tertiary/aromatic N) is 3. The van der Waals surface area contributed by atoms with Gasteiger partial charge in [0.15, 0.2) is 5.82 Å². The first-order chi connectivity index (χ1) is 6.69. The Morgan fingerprint density at radius 1 is 1.71 bits per heavy atom. The normalized spacial score (nSPS) is 10.4. The summed E-state index contributed by atoms with van der Waals surface area (Å²) in [5.41, 5.74) is 0. The van der Waals surface area contributed by atoms with Crippen LogP contribution in [0.2, 0.25) is 0 Å². The number of hydrogen-bond acceptors (Lipinski definition) is 5. The summed E-state index contributed by atoms with van der Waals surface area (Å²) >= 11 is 1.46. The van der Waals surface area contributed by atoms with Gasteiger partial charge in [0.25, 0.3) is 0 Å². The molecule has 0 radical (unpaired) electrons. The van der Waals surface area contributed by atoms with Crippen LogP contribution in [0.1, 0.15) is 5.01 Å². The van der Waals surface area contributed by atoms with Gasteiger partial charge in [-0.05, 0) is 6.92 Å². The number of amides is 1. The van der Waals surface area contributed by atoms with Gasteiger partial charge in [0.05, 0.1) is 13.3 Å². The summed E-state index contributed by atoms with van der Waals surface area (Å²) in [5, 5.41) is 7.54. The number of ether oxygens (including phenoxy) is 1. The molecule has 0 atom stereocenters. The van der Waals surface area contributed by atoms with E-state index >= 15 is 0 Å². The Morgan fingerprint density at radius 2 is 2.50 bits per heavy atom. The predicted molar refractivity (Wildman–Crippen MR) is 51.6 cm³/mol. The molecule has 0 saturated carbocycles. The number of hydrogen-bond donors (Lipinski definition) is 1. The van der Waals surface area contributed by atoms with Crippen LogP contribution < -0.4 is 5.32 Å². The third-order valence-corrected chi connectivity index (χ3v) is 2.40. The van der Waals surface area contributed by atoms with Gasteiger partial charge in [-0.1, -0.05) is 11.3 Å². The number of carbonyl (C=O) groups excluding carboxylic acids is 1. The minimum absolute atomic E-state index is 0.440. The lowest BCUT2D eigenvalue weighted by Crippen LogP contribution is -2.10. The smallest absolute Gasteiger partial charge is 0.412 e. The highest BCUT2D eigenvalue weighted by Gasteiger charge is 2.08. The van der Waals surface area contributed by atoms with Gasteiger partial charge in [-0.3, -0.25) is 5.32 Å². The number of aryl methyl sites for hydroxylation is 1. The van der Waals surface area contributed by atoms with Crippen LogP contribution in [0, 0.1) is 6.92 Å². The molecule has 1 N–H and O–H groups in total. The molecule has 0 aliphatic rings. The Bertz CT molecular complexity index is 443. The molecule has 0 fully saturated rings. The van der Waals surface area contributed by atoms with Crippen molar-refractivity contribution in [2.75, 3.05) is 12.4 Å². The van der Waals surface area contributed by atoms with E-state index < -0.39 is 6.09 Å². The molecular formula is C7H8N4O2S. The summed E-state index contributed by atoms with van der Waals surface area (Å²) in [7, 11) is 1.30. The fourth-order valence-electron chi connectivity index (χ4n) is 1.02. The van der Waals surface area contributed by atoms with Crippen molar-refractivity contribution in [2.24, 2.45) is 0 Å². The van der Waals surface area contributed by atoms with Gasteiger partial charge in [-0.15, -0.1) is 0 Å². The molecule has 0 spiro atoms. The standard InChI is InChI=1S/C7H8N4O2S/c1-4-10-11-3-5(8-6(11)14-4)9-7(12)13-2/h3H,1-2H3,(H,9,12). The molecule has 0 saturated heterocycles. The second kappa shape index (κ2) is 3.26. The number of anilines is 1. The summed E-state index contributed by atoms with van der Waals surface area (Å²) in [6, 6.07) is 0. The van der Waals surface area contributed by atoms with E-state index in [0.29, 0.717) is 5.82 Å². The van der Waals surface area contributed by atoms with Crippen molar-refractivity contribution in [2.45, 2.75) is 6.92 Å². The topological polar surface area (TPSA) is 68.5 Å². The van der Waals surface area contributed by atoms with Crippen molar-refractivity contribution in [1.29, 1.82) is 0 Å². The molecule has 2 aromatic rings. The molecule has 2 rings (SSSR count). The fourth-order valence-corrected chi connectivity index (χ4v) is 1.74. The minimum Gasteiger partial charge on any atom is -0.453 e. The zero-order valence-electron chi connectivity index (χ0n) is 7.64. The van der Waals surface area contributed by atoms with Crippen LogP contribution in [0.4, 0.5) is 10.6 Å². The largest absolute Gasteiger partial charge is 0.453 e. The summed E-state index contributed by atoms with van der Waals surface area (Å²) in [6.45, 7) is 1.90. The molecule has 6 nitrogen and oxygen atoms in total. The number of carbonyl (C=O) groups is 1. The molecule has 74 valence electrons. The van der Waals surface area contributed by atoms with E-state index in [4.69, 9.17) is 0 Å². The van der Waals surface area contributed by atoms with Crippen molar-refractivity contribution >= 4 is 28.2 Å². The lowest BCUT2D eigenvalue weighted by Gasteiger charge is -1.96. The maximum absolute atomic E-state index is 10.8. The van der Waals surface area contributed by atoms with E-state index in [1.54, 1.807) is 10.7 Å². The Kier molecular flexibility index (Phi) is 2.08. The zero-order chi connectivity index (χ0) is 10.1. The Labute approximate surface area is 83.5 Å². The van der Waals surface area contributed by atoms with Crippen LogP contribution in [-0.4, -0.2) is 27.8 Å². The summed E-state index contributed by atoms with van der Waals surface area (Å²) in [4.78, 5) is 15.7. The molecule has 2 heterocycles. The van der Waals surface area contributed by atoms with Gasteiger partial charge >= 0.3 is 6.09 Å². The molecule has 14 heavy (non-hydrogen) atoms. The van der Waals surface area contributed by atoms with Crippen LogP contribution in [0.25, 0.3) is 4.96 Å². The number of imidazole rings is 1. The van der Waals surface area contributed by atoms with Crippen LogP contribution in [0.3, 0.4) is 0 Å². The maximum Gasteiger partial charge on any atom is 0.412 e. The SMILES string of the molecule is COC(=O)Nc1cn2nc(C)sc2n1. The highest BCUT2D eigenvalue weighted by atomic mass is 32.1. The van der Waals surface area contributed by atoms with Crippen molar-refractivity contribution in [3.63, 3.8) is 0 Å². The van der Waals surface area contributed by atoms with Gasteiger partial charge in [-0.2, -0.15) is 10.1 Å². The van der Waals surface area contributed by atoms with E-state index in [-0.39, 0.29) is 0 Å². The Morgan fingerprint density at radius 3 is 3.14 bits per heavy atom. The molecular weight excluding hydrogens is 204 g/mol. The number of fused-ring (bicyclic) bond motifs is 1. The van der Waals surface area contributed by atoms with E-state index in [1.807, 2.05) is 6.92 Å². The number of rotatable bonds is 1. The van der Waals surface area contributed by atoms with Crippen molar-refractivity contribution in [3.05, 3.63) is 11.2 Å². The Balaban J connectivity index is 2.27. The van der Waals surface area contributed by atoms with Crippen molar-refractivity contribution < 1.29 is 9.53 Å². The zero-order valence-corrected chi connectivity index (χ0v) is 8.46. The summed E-state index contributed by atoms with van der Waals surface area (Å²) in [5.74, 6) is 0.440. The van der Waals surface area contributed by atoms with Crippen LogP contribution in [0.5, 0.6) is 0 Å². The van der Waals surface area contributed by atoms with Crippen molar-refractivity contribution in [3.8, 4) is 0 Å².